The van der Waals surface area contributed by atoms with E-state index in [1.165, 1.54) is 29.1 Å². The van der Waals surface area contributed by atoms with Crippen molar-refractivity contribution >= 4 is 23.5 Å². The molecule has 0 spiro atoms. The molecule has 0 unspecified atom stereocenters. The number of carbonyl (C=O) groups is 1. The maximum absolute atomic E-state index is 13.0. The number of ketones is 1. The van der Waals surface area contributed by atoms with Gasteiger partial charge in [0.1, 0.15) is 11.0 Å². The Morgan fingerprint density at radius 1 is 1.25 bits per heavy atom. The first kappa shape index (κ1) is 16.1. The van der Waals surface area contributed by atoms with Gasteiger partial charge in [0.05, 0.1) is 11.4 Å². The number of halogens is 2. The van der Waals surface area contributed by atoms with E-state index in [2.05, 4.69) is 10.1 Å². The number of pyridine rings is 1. The van der Waals surface area contributed by atoms with Crippen LogP contribution < -0.4 is 0 Å². The Hall–Kier alpha value is -2.79. The van der Waals surface area contributed by atoms with Crippen molar-refractivity contribution in [3.8, 4) is 5.69 Å². The summed E-state index contributed by atoms with van der Waals surface area (Å²) in [4.78, 5) is 16.0. The highest BCUT2D eigenvalue weighted by Crippen LogP contribution is 2.25. The first-order valence-corrected chi connectivity index (χ1v) is 7.57. The number of hydrogen-bond acceptors (Lipinski definition) is 3. The zero-order chi connectivity index (χ0) is 17.1. The van der Waals surface area contributed by atoms with Crippen LogP contribution in [0.2, 0.25) is 5.15 Å². The maximum atomic E-state index is 13.0. The highest BCUT2D eigenvalue weighted by Gasteiger charge is 2.13. The van der Waals surface area contributed by atoms with E-state index in [-0.39, 0.29) is 11.6 Å². The average molecular weight is 342 g/mol. The third-order valence-electron chi connectivity index (χ3n) is 3.47. The van der Waals surface area contributed by atoms with Gasteiger partial charge in [0.15, 0.2) is 5.78 Å². The quantitative estimate of drug-likeness (QED) is 0.526. The normalized spacial score (nSPS) is 11.1. The van der Waals surface area contributed by atoms with Gasteiger partial charge in [-0.15, -0.1) is 0 Å². The van der Waals surface area contributed by atoms with E-state index >= 15 is 0 Å². The Bertz CT molecular complexity index is 902. The summed E-state index contributed by atoms with van der Waals surface area (Å²) < 4.78 is 14.5. The molecule has 0 atom stereocenters. The largest absolute Gasteiger partial charge is 0.289 e. The second-order valence-electron chi connectivity index (χ2n) is 5.12. The predicted octanol–water partition coefficient (Wildman–Crippen LogP) is 4.26. The standard InChI is InChI=1S/C18H13ClFN3O/c1-12-16(8-9-17(24)13-3-2-10-21-11-13)18(19)23(22-12)15-6-4-14(20)5-7-15/h2-11H,1H3/b9-8+. The van der Waals surface area contributed by atoms with Gasteiger partial charge in [-0.05, 0) is 55.5 Å². The molecule has 0 amide bonds. The van der Waals surface area contributed by atoms with E-state index in [9.17, 15) is 9.18 Å². The third kappa shape index (κ3) is 3.26. The maximum Gasteiger partial charge on any atom is 0.187 e. The number of rotatable bonds is 4. The molecule has 3 rings (SSSR count). The minimum atomic E-state index is -0.332. The van der Waals surface area contributed by atoms with Crippen molar-refractivity contribution in [2.24, 2.45) is 0 Å². The first-order valence-electron chi connectivity index (χ1n) is 7.20. The molecule has 1 aromatic carbocycles. The molecule has 4 nitrogen and oxygen atoms in total. The smallest absolute Gasteiger partial charge is 0.187 e. The van der Waals surface area contributed by atoms with Gasteiger partial charge >= 0.3 is 0 Å². The minimum absolute atomic E-state index is 0.173. The summed E-state index contributed by atoms with van der Waals surface area (Å²) >= 11 is 6.37. The molecule has 0 radical (unpaired) electrons. The van der Waals surface area contributed by atoms with Crippen molar-refractivity contribution in [2.75, 3.05) is 0 Å². The highest BCUT2D eigenvalue weighted by atomic mass is 35.5. The van der Waals surface area contributed by atoms with Crippen molar-refractivity contribution in [1.29, 1.82) is 0 Å². The summed E-state index contributed by atoms with van der Waals surface area (Å²) in [5.41, 5.74) is 2.44. The molecule has 0 saturated carbocycles. The SMILES string of the molecule is Cc1nn(-c2ccc(F)cc2)c(Cl)c1/C=C/C(=O)c1cccnc1. The zero-order valence-corrected chi connectivity index (χ0v) is 13.5. The van der Waals surface area contributed by atoms with E-state index in [0.717, 1.165) is 0 Å². The number of aromatic nitrogens is 3. The fourth-order valence-corrected chi connectivity index (χ4v) is 2.55. The summed E-state index contributed by atoms with van der Waals surface area (Å²) in [6, 6.07) is 9.24. The number of carbonyl (C=O) groups excluding carboxylic acids is 1. The molecule has 0 aliphatic heterocycles. The number of aryl methyl sites for hydroxylation is 1. The Balaban J connectivity index is 1.91. The number of hydrogen-bond donors (Lipinski definition) is 0. The molecular formula is C18H13ClFN3O. The lowest BCUT2D eigenvalue weighted by Crippen LogP contribution is -1.96. The van der Waals surface area contributed by atoms with Crippen molar-refractivity contribution in [1.82, 2.24) is 14.8 Å². The van der Waals surface area contributed by atoms with Gasteiger partial charge in [-0.1, -0.05) is 11.6 Å². The molecule has 0 fully saturated rings. The second-order valence-corrected chi connectivity index (χ2v) is 5.48. The molecule has 2 heterocycles. The molecule has 0 N–H and O–H groups in total. The van der Waals surface area contributed by atoms with Crippen LogP contribution >= 0.6 is 11.6 Å². The van der Waals surface area contributed by atoms with Crippen molar-refractivity contribution < 1.29 is 9.18 Å². The lowest BCUT2D eigenvalue weighted by atomic mass is 10.1. The third-order valence-corrected chi connectivity index (χ3v) is 3.83. The van der Waals surface area contributed by atoms with Gasteiger partial charge in [-0.2, -0.15) is 5.10 Å². The van der Waals surface area contributed by atoms with Gasteiger partial charge in [-0.3, -0.25) is 9.78 Å². The summed E-state index contributed by atoms with van der Waals surface area (Å²) in [5, 5.41) is 4.70. The highest BCUT2D eigenvalue weighted by molar-refractivity contribution is 6.31. The molecule has 6 heteroatoms. The van der Waals surface area contributed by atoms with Crippen LogP contribution in [0.3, 0.4) is 0 Å². The topological polar surface area (TPSA) is 47.8 Å². The van der Waals surface area contributed by atoms with Gasteiger partial charge in [0.2, 0.25) is 0 Å². The molecule has 0 saturated heterocycles. The Morgan fingerprint density at radius 3 is 2.67 bits per heavy atom. The molecular weight excluding hydrogens is 329 g/mol. The monoisotopic (exact) mass is 341 g/mol. The molecule has 0 bridgehead atoms. The number of allylic oxidation sites excluding steroid dienone is 1. The molecule has 2 aromatic heterocycles. The van der Waals surface area contributed by atoms with E-state index in [1.807, 2.05) is 0 Å². The van der Waals surface area contributed by atoms with Crippen LogP contribution in [0.5, 0.6) is 0 Å². The van der Waals surface area contributed by atoms with Crippen molar-refractivity contribution in [2.45, 2.75) is 6.92 Å². The van der Waals surface area contributed by atoms with Crippen LogP contribution in [0.15, 0.2) is 54.9 Å². The van der Waals surface area contributed by atoms with E-state index in [0.29, 0.717) is 27.7 Å². The molecule has 0 aliphatic rings. The van der Waals surface area contributed by atoms with E-state index in [4.69, 9.17) is 11.6 Å². The summed E-state index contributed by atoms with van der Waals surface area (Å²) in [7, 11) is 0. The van der Waals surface area contributed by atoms with Crippen LogP contribution in [-0.4, -0.2) is 20.5 Å². The number of benzene rings is 1. The average Bonchev–Trinajstić information content (AvgIpc) is 2.88. The van der Waals surface area contributed by atoms with E-state index < -0.39 is 0 Å². The van der Waals surface area contributed by atoms with Crippen LogP contribution in [0.1, 0.15) is 21.6 Å². The molecule has 0 aliphatic carbocycles. The summed E-state index contributed by atoms with van der Waals surface area (Å²) in [6.07, 6.45) is 6.17. The van der Waals surface area contributed by atoms with Crippen LogP contribution in [0.25, 0.3) is 11.8 Å². The Morgan fingerprint density at radius 2 is 2.00 bits per heavy atom. The van der Waals surface area contributed by atoms with Gasteiger partial charge in [0.25, 0.3) is 0 Å². The molecule has 24 heavy (non-hydrogen) atoms. The molecule has 3 aromatic rings. The second kappa shape index (κ2) is 6.76. The fraction of sp³-hybridized carbons (Fsp3) is 0.0556. The lowest BCUT2D eigenvalue weighted by molar-refractivity contribution is 0.104. The van der Waals surface area contributed by atoms with Gasteiger partial charge in [0, 0.05) is 23.5 Å². The van der Waals surface area contributed by atoms with Crippen LogP contribution in [-0.2, 0) is 0 Å². The van der Waals surface area contributed by atoms with Crippen LogP contribution in [0, 0.1) is 12.7 Å². The Kier molecular flexibility index (Phi) is 4.53. The van der Waals surface area contributed by atoms with Crippen molar-refractivity contribution in [3.63, 3.8) is 0 Å². The van der Waals surface area contributed by atoms with Gasteiger partial charge < -0.3 is 0 Å². The summed E-state index contributed by atoms with van der Waals surface area (Å²) in [6.45, 7) is 1.79. The minimum Gasteiger partial charge on any atom is -0.289 e. The summed E-state index contributed by atoms with van der Waals surface area (Å²) in [5.74, 6) is -0.506. The Labute approximate surface area is 143 Å². The zero-order valence-electron chi connectivity index (χ0n) is 12.8. The first-order chi connectivity index (χ1) is 11.6. The molecule has 120 valence electrons. The van der Waals surface area contributed by atoms with E-state index in [1.54, 1.807) is 43.5 Å². The van der Waals surface area contributed by atoms with Gasteiger partial charge in [-0.25, -0.2) is 9.07 Å². The number of nitrogens with zero attached hydrogens (tertiary/aromatic N) is 3. The predicted molar refractivity (Wildman–Crippen MR) is 90.9 cm³/mol. The lowest BCUT2D eigenvalue weighted by Gasteiger charge is -2.02. The van der Waals surface area contributed by atoms with Crippen molar-refractivity contribution in [3.05, 3.63) is 82.7 Å². The fourth-order valence-electron chi connectivity index (χ4n) is 2.22. The van der Waals surface area contributed by atoms with Crippen LogP contribution in [0.4, 0.5) is 4.39 Å².